The lowest BCUT2D eigenvalue weighted by atomic mass is 10.1. The van der Waals surface area contributed by atoms with Crippen LogP contribution >= 0.6 is 22.9 Å². The van der Waals surface area contributed by atoms with Crippen molar-refractivity contribution in [2.45, 2.75) is 26.2 Å². The van der Waals surface area contributed by atoms with Crippen LogP contribution in [0.2, 0.25) is 5.02 Å². The van der Waals surface area contributed by atoms with E-state index in [0.29, 0.717) is 15.8 Å². The van der Waals surface area contributed by atoms with Crippen LogP contribution in [0.4, 0.5) is 16.5 Å². The molecule has 0 aliphatic carbocycles. The summed E-state index contributed by atoms with van der Waals surface area (Å²) in [5, 5.41) is 15.4. The van der Waals surface area contributed by atoms with E-state index in [0.717, 1.165) is 48.1 Å². The summed E-state index contributed by atoms with van der Waals surface area (Å²) in [7, 11) is 0. The average Bonchev–Trinajstić information content (AvgIpc) is 3.10. The van der Waals surface area contributed by atoms with Crippen molar-refractivity contribution >= 4 is 55.6 Å². The van der Waals surface area contributed by atoms with Gasteiger partial charge in [0.05, 0.1) is 15.1 Å². The number of anilines is 2. The number of nitrogens with one attached hydrogen (secondary N) is 1. The van der Waals surface area contributed by atoms with Crippen molar-refractivity contribution in [1.82, 2.24) is 4.98 Å². The fraction of sp³-hybridized carbons (Fsp3) is 0.300. The molecule has 9 heteroatoms. The van der Waals surface area contributed by atoms with Crippen molar-refractivity contribution in [1.29, 1.82) is 0 Å². The Morgan fingerprint density at radius 3 is 2.72 bits per heavy atom. The molecule has 0 unspecified atom stereocenters. The minimum absolute atomic E-state index is 0.0496. The third kappa shape index (κ3) is 4.04. The van der Waals surface area contributed by atoms with Crippen molar-refractivity contribution in [2.75, 3.05) is 23.3 Å². The van der Waals surface area contributed by atoms with Gasteiger partial charge in [-0.1, -0.05) is 22.9 Å². The van der Waals surface area contributed by atoms with Gasteiger partial charge in [0, 0.05) is 29.7 Å². The molecule has 150 valence electrons. The zero-order valence-electron chi connectivity index (χ0n) is 15.8. The molecule has 4 rings (SSSR count). The molecule has 3 aromatic rings. The molecule has 1 fully saturated rings. The number of fused-ring (bicyclic) bond motifs is 1. The first-order chi connectivity index (χ1) is 13.9. The van der Waals surface area contributed by atoms with Crippen LogP contribution < -0.4 is 10.2 Å². The Labute approximate surface area is 176 Å². The zero-order chi connectivity index (χ0) is 20.5. The molecule has 0 saturated carbocycles. The highest BCUT2D eigenvalue weighted by atomic mass is 35.5. The Bertz CT molecular complexity index is 1110. The Balaban J connectivity index is 1.61. The van der Waals surface area contributed by atoms with Gasteiger partial charge in [-0.05, 0) is 56.0 Å². The number of carbonyl (C=O) groups excluding carboxylic acids is 1. The Morgan fingerprint density at radius 1 is 1.24 bits per heavy atom. The van der Waals surface area contributed by atoms with Crippen molar-refractivity contribution in [3.8, 4) is 0 Å². The van der Waals surface area contributed by atoms with E-state index in [1.807, 2.05) is 17.9 Å². The van der Waals surface area contributed by atoms with Crippen LogP contribution in [0.3, 0.4) is 0 Å². The monoisotopic (exact) mass is 430 g/mol. The molecular formula is C20H19ClN4O3S. The first kappa shape index (κ1) is 19.6. The lowest BCUT2D eigenvalue weighted by Gasteiger charge is -2.28. The van der Waals surface area contributed by atoms with E-state index in [-0.39, 0.29) is 11.3 Å². The van der Waals surface area contributed by atoms with Gasteiger partial charge in [0.2, 0.25) is 0 Å². The number of aromatic nitrogens is 1. The second-order valence-electron chi connectivity index (χ2n) is 7.05. The number of carbonyl (C=O) groups is 1. The molecule has 1 saturated heterocycles. The predicted octanol–water partition coefficient (Wildman–Crippen LogP) is 5.41. The van der Waals surface area contributed by atoms with E-state index in [1.54, 1.807) is 18.2 Å². The fourth-order valence-corrected chi connectivity index (χ4v) is 4.91. The second kappa shape index (κ2) is 7.96. The van der Waals surface area contributed by atoms with Crippen LogP contribution in [0.25, 0.3) is 10.2 Å². The van der Waals surface area contributed by atoms with Gasteiger partial charge >= 0.3 is 0 Å². The number of nitro benzene ring substituents is 1. The minimum Gasteiger partial charge on any atom is -0.366 e. The van der Waals surface area contributed by atoms with Crippen LogP contribution in [0, 0.1) is 17.0 Å². The summed E-state index contributed by atoms with van der Waals surface area (Å²) in [6.45, 7) is 3.49. The number of rotatable bonds is 4. The summed E-state index contributed by atoms with van der Waals surface area (Å²) in [6.07, 6.45) is 3.17. The second-order valence-corrected chi connectivity index (χ2v) is 8.52. The van der Waals surface area contributed by atoms with Crippen molar-refractivity contribution in [2.24, 2.45) is 0 Å². The molecule has 2 aromatic carbocycles. The minimum atomic E-state index is -0.430. The van der Waals surface area contributed by atoms with Gasteiger partial charge in [0.15, 0.2) is 5.13 Å². The number of thiazole rings is 1. The van der Waals surface area contributed by atoms with E-state index >= 15 is 0 Å². The summed E-state index contributed by atoms with van der Waals surface area (Å²) in [4.78, 5) is 30.4. The van der Waals surface area contributed by atoms with Gasteiger partial charge < -0.3 is 4.90 Å². The van der Waals surface area contributed by atoms with Crippen molar-refractivity contribution < 1.29 is 9.72 Å². The van der Waals surface area contributed by atoms with E-state index in [4.69, 9.17) is 11.6 Å². The van der Waals surface area contributed by atoms with E-state index in [1.165, 1.54) is 17.4 Å². The van der Waals surface area contributed by atoms with Crippen LogP contribution in [0.15, 0.2) is 30.3 Å². The van der Waals surface area contributed by atoms with Gasteiger partial charge in [0.1, 0.15) is 5.69 Å². The highest BCUT2D eigenvalue weighted by molar-refractivity contribution is 7.22. The summed E-state index contributed by atoms with van der Waals surface area (Å²) >= 11 is 7.40. The lowest BCUT2D eigenvalue weighted by Crippen LogP contribution is -2.30. The lowest BCUT2D eigenvalue weighted by molar-refractivity contribution is -0.384. The number of amides is 1. The third-order valence-corrected chi connectivity index (χ3v) is 6.14. The molecule has 1 N–H and O–H groups in total. The van der Waals surface area contributed by atoms with Gasteiger partial charge in [-0.2, -0.15) is 0 Å². The Hall–Kier alpha value is -2.71. The summed E-state index contributed by atoms with van der Waals surface area (Å²) in [5.74, 6) is -0.430. The molecule has 0 atom stereocenters. The highest BCUT2D eigenvalue weighted by Gasteiger charge is 2.23. The molecular weight excluding hydrogens is 412 g/mol. The maximum atomic E-state index is 12.7. The normalized spacial score (nSPS) is 14.2. The first-order valence-corrected chi connectivity index (χ1v) is 10.5. The van der Waals surface area contributed by atoms with Crippen molar-refractivity contribution in [3.63, 3.8) is 0 Å². The van der Waals surface area contributed by atoms with E-state index in [9.17, 15) is 14.9 Å². The molecule has 1 aromatic heterocycles. The number of aryl methyl sites for hydroxylation is 1. The highest BCUT2D eigenvalue weighted by Crippen LogP contribution is 2.33. The van der Waals surface area contributed by atoms with E-state index < -0.39 is 10.8 Å². The summed E-state index contributed by atoms with van der Waals surface area (Å²) in [5.41, 5.74) is 2.45. The van der Waals surface area contributed by atoms with Crippen LogP contribution in [-0.2, 0) is 0 Å². The summed E-state index contributed by atoms with van der Waals surface area (Å²) in [6, 6.07) is 8.25. The SMILES string of the molecule is Cc1cc(Cl)cc2sc(NC(=O)c3ccc(N4CCCCC4)c([N+](=O)[O-])c3)nc12. The molecule has 1 aliphatic rings. The van der Waals surface area contributed by atoms with Gasteiger partial charge in [-0.15, -0.1) is 0 Å². The predicted molar refractivity (Wildman–Crippen MR) is 116 cm³/mol. The van der Waals surface area contributed by atoms with E-state index in [2.05, 4.69) is 10.3 Å². The van der Waals surface area contributed by atoms with Crippen LogP contribution in [0.5, 0.6) is 0 Å². The molecule has 0 spiro atoms. The molecule has 7 nitrogen and oxygen atoms in total. The molecule has 1 amide bonds. The number of hydrogen-bond donors (Lipinski definition) is 1. The Kier molecular flexibility index (Phi) is 5.38. The summed E-state index contributed by atoms with van der Waals surface area (Å²) < 4.78 is 0.872. The number of hydrogen-bond acceptors (Lipinski definition) is 6. The van der Waals surface area contributed by atoms with Gasteiger partial charge in [0.25, 0.3) is 11.6 Å². The quantitative estimate of drug-likeness (QED) is 0.441. The Morgan fingerprint density at radius 2 is 2.00 bits per heavy atom. The fourth-order valence-electron chi connectivity index (χ4n) is 3.59. The molecule has 0 radical (unpaired) electrons. The number of piperidine rings is 1. The topological polar surface area (TPSA) is 88.4 Å². The van der Waals surface area contributed by atoms with Crippen molar-refractivity contribution in [3.05, 3.63) is 56.6 Å². The zero-order valence-corrected chi connectivity index (χ0v) is 17.3. The average molecular weight is 431 g/mol. The maximum Gasteiger partial charge on any atom is 0.293 e. The molecule has 2 heterocycles. The molecule has 0 bridgehead atoms. The third-order valence-electron chi connectivity index (χ3n) is 5.00. The molecule has 1 aliphatic heterocycles. The number of nitro groups is 1. The van der Waals surface area contributed by atoms with Gasteiger partial charge in [-0.25, -0.2) is 4.98 Å². The van der Waals surface area contributed by atoms with Crippen LogP contribution in [0.1, 0.15) is 35.2 Å². The largest absolute Gasteiger partial charge is 0.366 e. The van der Waals surface area contributed by atoms with Crippen LogP contribution in [-0.4, -0.2) is 28.9 Å². The van der Waals surface area contributed by atoms with Gasteiger partial charge in [-0.3, -0.25) is 20.2 Å². The maximum absolute atomic E-state index is 12.7. The number of nitrogens with zero attached hydrogens (tertiary/aromatic N) is 3. The number of halogens is 1. The standard InChI is InChI=1S/C20H19ClN4O3S/c1-12-9-14(21)11-17-18(12)22-20(29-17)23-19(26)13-5-6-15(16(10-13)25(27)28)24-7-3-2-4-8-24/h5-6,9-11H,2-4,7-8H2,1H3,(H,22,23,26). The smallest absolute Gasteiger partial charge is 0.293 e. The first-order valence-electron chi connectivity index (χ1n) is 9.34. The molecule has 29 heavy (non-hydrogen) atoms. The number of benzene rings is 2.